The van der Waals surface area contributed by atoms with E-state index in [1.807, 2.05) is 7.05 Å². The second-order valence-electron chi connectivity index (χ2n) is 3.02. The van der Waals surface area contributed by atoms with Crippen LogP contribution in [0.5, 0.6) is 0 Å². The first-order valence-electron chi connectivity index (χ1n) is 3.75. The van der Waals surface area contributed by atoms with Crippen LogP contribution < -0.4 is 0 Å². The van der Waals surface area contributed by atoms with Gasteiger partial charge in [0.15, 0.2) is 0 Å². The number of hydrogen-bond donors (Lipinski definition) is 2. The van der Waals surface area contributed by atoms with Crippen LogP contribution in [0.4, 0.5) is 0 Å². The summed E-state index contributed by atoms with van der Waals surface area (Å²) in [4.78, 5) is 2.12. The Kier molecular flexibility index (Phi) is 2.65. The molecule has 0 spiro atoms. The van der Waals surface area contributed by atoms with E-state index in [9.17, 15) is 10.2 Å². The summed E-state index contributed by atoms with van der Waals surface area (Å²) in [6.07, 6.45) is 0.366. The fourth-order valence-corrected chi connectivity index (χ4v) is 1.20. The van der Waals surface area contributed by atoms with Crippen molar-refractivity contribution in [3.63, 3.8) is 0 Å². The molecule has 60 valence electrons. The predicted octanol–water partition coefficient (Wildman–Crippen LogP) is -0.566. The molecule has 1 heterocycles. The summed E-state index contributed by atoms with van der Waals surface area (Å²) in [7, 11) is 2.00. The molecule has 2 atom stereocenters. The van der Waals surface area contributed by atoms with Gasteiger partial charge in [-0.1, -0.05) is 0 Å². The van der Waals surface area contributed by atoms with Gasteiger partial charge in [-0.15, -0.1) is 0 Å². The minimum atomic E-state index is -0.509. The number of aliphatic hydroxyl groups excluding tert-OH is 2. The Hall–Kier alpha value is -0.120. The topological polar surface area (TPSA) is 43.7 Å². The second kappa shape index (κ2) is 3.32. The van der Waals surface area contributed by atoms with Crippen LogP contribution in [0.2, 0.25) is 0 Å². The Morgan fingerprint density at radius 3 is 1.90 bits per heavy atom. The van der Waals surface area contributed by atoms with E-state index in [1.165, 1.54) is 0 Å². The van der Waals surface area contributed by atoms with E-state index in [4.69, 9.17) is 0 Å². The van der Waals surface area contributed by atoms with Crippen molar-refractivity contribution in [2.24, 2.45) is 0 Å². The first kappa shape index (κ1) is 7.98. The maximum absolute atomic E-state index is 9.20. The van der Waals surface area contributed by atoms with Gasteiger partial charge in [-0.05, 0) is 19.9 Å². The maximum atomic E-state index is 9.20. The van der Waals surface area contributed by atoms with Crippen LogP contribution in [0.1, 0.15) is 12.8 Å². The van der Waals surface area contributed by atoms with E-state index in [2.05, 4.69) is 4.90 Å². The van der Waals surface area contributed by atoms with Gasteiger partial charge in [-0.25, -0.2) is 0 Å². The van der Waals surface area contributed by atoms with Crippen LogP contribution in [0, 0.1) is 0 Å². The Morgan fingerprint density at radius 1 is 1.10 bits per heavy atom. The molecule has 1 fully saturated rings. The molecule has 1 aliphatic rings. The van der Waals surface area contributed by atoms with E-state index in [-0.39, 0.29) is 0 Å². The monoisotopic (exact) mass is 145 g/mol. The molecule has 2 N–H and O–H groups in total. The van der Waals surface area contributed by atoms with Crippen molar-refractivity contribution in [1.82, 2.24) is 4.90 Å². The Labute approximate surface area is 61.3 Å². The Morgan fingerprint density at radius 2 is 1.50 bits per heavy atom. The average molecular weight is 145 g/mol. The number of hydrogen-bond acceptors (Lipinski definition) is 3. The van der Waals surface area contributed by atoms with Crippen molar-refractivity contribution in [3.8, 4) is 0 Å². The molecule has 0 unspecified atom stereocenters. The van der Waals surface area contributed by atoms with Crippen molar-refractivity contribution in [2.75, 3.05) is 20.1 Å². The third-order valence-corrected chi connectivity index (χ3v) is 2.06. The van der Waals surface area contributed by atoms with Crippen LogP contribution in [-0.2, 0) is 0 Å². The minimum absolute atomic E-state index is 0.509. The molecule has 1 aliphatic heterocycles. The molecule has 3 nitrogen and oxygen atoms in total. The molecule has 10 heavy (non-hydrogen) atoms. The average Bonchev–Trinajstić information content (AvgIpc) is 2.04. The lowest BCUT2D eigenvalue weighted by molar-refractivity contribution is 0.0187. The number of rotatable bonds is 0. The zero-order valence-corrected chi connectivity index (χ0v) is 6.32. The van der Waals surface area contributed by atoms with E-state index in [0.29, 0.717) is 12.8 Å². The van der Waals surface area contributed by atoms with Gasteiger partial charge >= 0.3 is 0 Å². The molecule has 0 saturated carbocycles. The summed E-state index contributed by atoms with van der Waals surface area (Å²) in [6, 6.07) is 0. The standard InChI is InChI=1S/C7H15NO2/c1-8-4-2-6(9)7(10)3-5-8/h6-7,9-10H,2-5H2,1H3/t6-,7-/m1/s1. The van der Waals surface area contributed by atoms with Gasteiger partial charge in [0.1, 0.15) is 0 Å². The summed E-state index contributed by atoms with van der Waals surface area (Å²) in [5.74, 6) is 0. The van der Waals surface area contributed by atoms with Crippen LogP contribution in [0.3, 0.4) is 0 Å². The molecule has 0 aromatic rings. The summed E-state index contributed by atoms with van der Waals surface area (Å²) in [6.45, 7) is 1.77. The van der Waals surface area contributed by atoms with Crippen molar-refractivity contribution < 1.29 is 10.2 Å². The highest BCUT2D eigenvalue weighted by Crippen LogP contribution is 2.09. The maximum Gasteiger partial charge on any atom is 0.0811 e. The Bertz CT molecular complexity index is 95.8. The zero-order valence-electron chi connectivity index (χ0n) is 6.32. The molecular formula is C7H15NO2. The predicted molar refractivity (Wildman–Crippen MR) is 38.7 cm³/mol. The van der Waals surface area contributed by atoms with Crippen molar-refractivity contribution in [3.05, 3.63) is 0 Å². The lowest BCUT2D eigenvalue weighted by Crippen LogP contribution is -2.24. The van der Waals surface area contributed by atoms with E-state index in [0.717, 1.165) is 13.1 Å². The molecule has 0 bridgehead atoms. The van der Waals surface area contributed by atoms with Gasteiger partial charge in [-0.2, -0.15) is 0 Å². The third kappa shape index (κ3) is 1.94. The lowest BCUT2D eigenvalue weighted by Gasteiger charge is -2.11. The number of nitrogens with zero attached hydrogens (tertiary/aromatic N) is 1. The first-order valence-corrected chi connectivity index (χ1v) is 3.75. The fraction of sp³-hybridized carbons (Fsp3) is 1.00. The van der Waals surface area contributed by atoms with Crippen LogP contribution in [0.15, 0.2) is 0 Å². The van der Waals surface area contributed by atoms with E-state index >= 15 is 0 Å². The second-order valence-corrected chi connectivity index (χ2v) is 3.02. The molecule has 0 aromatic carbocycles. The van der Waals surface area contributed by atoms with Crippen molar-refractivity contribution in [1.29, 1.82) is 0 Å². The van der Waals surface area contributed by atoms with E-state index in [1.54, 1.807) is 0 Å². The molecule has 1 rings (SSSR count). The van der Waals surface area contributed by atoms with E-state index < -0.39 is 12.2 Å². The first-order chi connectivity index (χ1) is 4.70. The van der Waals surface area contributed by atoms with Gasteiger partial charge in [-0.3, -0.25) is 0 Å². The molecule has 3 heteroatoms. The minimum Gasteiger partial charge on any atom is -0.390 e. The zero-order chi connectivity index (χ0) is 7.56. The number of aliphatic hydroxyl groups is 2. The highest BCUT2D eigenvalue weighted by molar-refractivity contribution is 4.73. The van der Waals surface area contributed by atoms with Crippen LogP contribution in [-0.4, -0.2) is 47.5 Å². The highest BCUT2D eigenvalue weighted by atomic mass is 16.3. The Balaban J connectivity index is 2.38. The summed E-state index contributed by atoms with van der Waals surface area (Å²) >= 11 is 0. The smallest absolute Gasteiger partial charge is 0.0811 e. The van der Waals surface area contributed by atoms with Gasteiger partial charge < -0.3 is 15.1 Å². The quantitative estimate of drug-likeness (QED) is 0.480. The molecule has 0 aromatic heterocycles. The molecule has 1 saturated heterocycles. The van der Waals surface area contributed by atoms with Gasteiger partial charge in [0.05, 0.1) is 12.2 Å². The van der Waals surface area contributed by atoms with Gasteiger partial charge in [0.25, 0.3) is 0 Å². The van der Waals surface area contributed by atoms with Gasteiger partial charge in [0, 0.05) is 13.1 Å². The summed E-state index contributed by atoms with van der Waals surface area (Å²) in [5.41, 5.74) is 0. The molecule has 0 radical (unpaired) electrons. The normalized spacial score (nSPS) is 37.5. The molecular weight excluding hydrogens is 130 g/mol. The molecule has 0 aliphatic carbocycles. The lowest BCUT2D eigenvalue weighted by atomic mass is 10.1. The van der Waals surface area contributed by atoms with Crippen LogP contribution >= 0.6 is 0 Å². The van der Waals surface area contributed by atoms with Crippen molar-refractivity contribution >= 4 is 0 Å². The highest BCUT2D eigenvalue weighted by Gasteiger charge is 2.20. The van der Waals surface area contributed by atoms with Crippen molar-refractivity contribution in [2.45, 2.75) is 25.0 Å². The molecule has 0 amide bonds. The third-order valence-electron chi connectivity index (χ3n) is 2.06. The SMILES string of the molecule is CN1CC[C@@H](O)[C@H](O)CC1. The number of likely N-dealkylation sites (tertiary alicyclic amines) is 1. The summed E-state index contributed by atoms with van der Waals surface area (Å²) < 4.78 is 0. The largest absolute Gasteiger partial charge is 0.390 e. The van der Waals surface area contributed by atoms with Gasteiger partial charge in [0.2, 0.25) is 0 Å². The van der Waals surface area contributed by atoms with Crippen LogP contribution in [0.25, 0.3) is 0 Å². The summed E-state index contributed by atoms with van der Waals surface area (Å²) in [5, 5.41) is 18.4. The fourth-order valence-electron chi connectivity index (χ4n) is 1.20.